The molecule has 2 aromatic carbocycles. The highest BCUT2D eigenvalue weighted by molar-refractivity contribution is 6.57. The Bertz CT molecular complexity index is 1160. The fourth-order valence-corrected chi connectivity index (χ4v) is 3.12. The van der Waals surface area contributed by atoms with Crippen molar-refractivity contribution in [2.24, 2.45) is 0 Å². The molecule has 1 atom stereocenters. The zero-order valence-electron chi connectivity index (χ0n) is 14.6. The monoisotopic (exact) mass is 507 g/mol. The van der Waals surface area contributed by atoms with Gasteiger partial charge in [0.15, 0.2) is 57.9 Å². The largest absolute Gasteiger partial charge is 0.379 e. The molecule has 0 saturated heterocycles. The van der Waals surface area contributed by atoms with Crippen LogP contribution in [0.4, 0.5) is 70.2 Å². The molecule has 0 heterocycles. The number of hydrogen-bond acceptors (Lipinski definition) is 0. The van der Waals surface area contributed by atoms with Crippen LogP contribution in [0, 0.1) is 52.4 Å². The Balaban J connectivity index is 2.52. The molecule has 0 amide bonds. The maximum atomic E-state index is 15.4. The van der Waals surface area contributed by atoms with Gasteiger partial charge >= 0.3 is 17.8 Å². The first-order chi connectivity index (χ1) is 14.8. The lowest BCUT2D eigenvalue weighted by molar-refractivity contribution is -0.351. The second-order valence-corrected chi connectivity index (χ2v) is 6.57. The number of rotatable bonds is 2. The van der Waals surface area contributed by atoms with Crippen molar-refractivity contribution in [3.63, 3.8) is 0 Å². The van der Waals surface area contributed by atoms with Gasteiger partial charge in [0.1, 0.15) is 0 Å². The molecule has 0 saturated carbocycles. The van der Waals surface area contributed by atoms with E-state index >= 15 is 4.39 Å². The average Bonchev–Trinajstić information content (AvgIpc) is 2.73. The number of halogens is 16. The molecule has 0 N–H and O–H groups in total. The van der Waals surface area contributed by atoms with Crippen molar-refractivity contribution in [2.45, 2.75) is 23.3 Å². The van der Waals surface area contributed by atoms with E-state index in [1.807, 2.05) is 0 Å². The van der Waals surface area contributed by atoms with Crippen LogP contribution in [0.1, 0.15) is 11.1 Å². The molecule has 0 aromatic heterocycles. The summed E-state index contributed by atoms with van der Waals surface area (Å²) < 4.78 is 222. The van der Waals surface area contributed by atoms with E-state index < -0.39 is 99.6 Å². The maximum Gasteiger partial charge on any atom is 0.379 e. The van der Waals surface area contributed by atoms with Crippen molar-refractivity contribution in [3.05, 3.63) is 63.5 Å². The molecule has 2 aromatic rings. The summed E-state index contributed by atoms with van der Waals surface area (Å²) in [7, 11) is -1.65. The highest BCUT2D eigenvalue weighted by Gasteiger charge is 2.85. The van der Waals surface area contributed by atoms with Crippen LogP contribution in [-0.2, 0) is 11.5 Å². The Morgan fingerprint density at radius 3 is 1.15 bits per heavy atom. The van der Waals surface area contributed by atoms with Crippen LogP contribution in [0.3, 0.4) is 0 Å². The van der Waals surface area contributed by atoms with Gasteiger partial charge in [-0.3, -0.25) is 0 Å². The number of hydrogen-bond donors (Lipinski definition) is 0. The summed E-state index contributed by atoms with van der Waals surface area (Å²) in [5.74, 6) is -49.7. The van der Waals surface area contributed by atoms with Crippen molar-refractivity contribution < 1.29 is 70.2 Å². The first-order valence-electron chi connectivity index (χ1n) is 7.85. The predicted octanol–water partition coefficient (Wildman–Crippen LogP) is 5.47. The number of alkyl halides is 7. The average molecular weight is 507 g/mol. The molecular weight excluding hydrogens is 507 g/mol. The minimum atomic E-state index is -7.15. The molecule has 0 aliphatic heterocycles. The zero-order valence-corrected chi connectivity index (χ0v) is 14.6. The molecular formula is C16BF16. The quantitative estimate of drug-likeness (QED) is 0.219. The van der Waals surface area contributed by atoms with E-state index in [0.29, 0.717) is 0 Å². The van der Waals surface area contributed by atoms with E-state index in [2.05, 4.69) is 0 Å². The van der Waals surface area contributed by atoms with Gasteiger partial charge in [0, 0.05) is 5.56 Å². The standard InChI is InChI=1S/C16BF16/c18-4-1-2(5(19)9(23)8(4)22)14(28,29)16(32,33)15(30,31)13(1,27)17-3-6(20)10(24)12(26)11(25)7(3)21. The summed E-state index contributed by atoms with van der Waals surface area (Å²) in [6, 6.07) is 0. The van der Waals surface area contributed by atoms with Crippen molar-refractivity contribution >= 4 is 12.7 Å². The lowest BCUT2D eigenvalue weighted by Crippen LogP contribution is -2.69. The van der Waals surface area contributed by atoms with Crippen LogP contribution >= 0.6 is 0 Å². The van der Waals surface area contributed by atoms with E-state index in [-0.39, 0.29) is 0 Å². The Hall–Kier alpha value is -2.62. The maximum absolute atomic E-state index is 15.4. The summed E-state index contributed by atoms with van der Waals surface area (Å²) in [6.07, 6.45) is 0. The van der Waals surface area contributed by atoms with Gasteiger partial charge in [-0.25, -0.2) is 43.9 Å². The van der Waals surface area contributed by atoms with Crippen LogP contribution in [0.2, 0.25) is 0 Å². The van der Waals surface area contributed by atoms with Gasteiger partial charge in [0.25, 0.3) is 0 Å². The first-order valence-corrected chi connectivity index (χ1v) is 7.85. The third-order valence-electron chi connectivity index (χ3n) is 4.78. The minimum absolute atomic E-state index is 1.65. The van der Waals surface area contributed by atoms with Crippen molar-refractivity contribution in [3.8, 4) is 0 Å². The van der Waals surface area contributed by atoms with Crippen LogP contribution < -0.4 is 5.46 Å². The van der Waals surface area contributed by atoms with E-state index in [0.717, 1.165) is 0 Å². The van der Waals surface area contributed by atoms with Gasteiger partial charge in [-0.05, 0) is 5.46 Å². The number of benzene rings is 2. The first kappa shape index (κ1) is 25.0. The van der Waals surface area contributed by atoms with Crippen LogP contribution in [0.5, 0.6) is 0 Å². The van der Waals surface area contributed by atoms with Crippen LogP contribution in [0.15, 0.2) is 0 Å². The SMILES string of the molecule is Fc1c(F)c(F)c([B]C2(F)c3c(F)c(F)c(F)c(F)c3C(F)(F)C(F)(F)C2(F)F)c(F)c1F. The van der Waals surface area contributed by atoms with Gasteiger partial charge in [0.05, 0.1) is 5.56 Å². The molecule has 3 rings (SSSR count). The highest BCUT2D eigenvalue weighted by Crippen LogP contribution is 2.64. The normalized spacial score (nSPS) is 22.8. The van der Waals surface area contributed by atoms with Crippen molar-refractivity contribution in [1.29, 1.82) is 0 Å². The summed E-state index contributed by atoms with van der Waals surface area (Å²) in [4.78, 5) is 0. The van der Waals surface area contributed by atoms with E-state index in [9.17, 15) is 65.9 Å². The third-order valence-corrected chi connectivity index (χ3v) is 4.78. The lowest BCUT2D eigenvalue weighted by Gasteiger charge is -2.46. The molecule has 0 bridgehead atoms. The second-order valence-electron chi connectivity index (χ2n) is 6.57. The van der Waals surface area contributed by atoms with Crippen LogP contribution in [-0.4, -0.2) is 19.1 Å². The van der Waals surface area contributed by atoms with Gasteiger partial charge in [0.2, 0.25) is 7.28 Å². The Labute approximate surface area is 171 Å². The summed E-state index contributed by atoms with van der Waals surface area (Å²) in [6.45, 7) is 0. The zero-order chi connectivity index (χ0) is 25.6. The van der Waals surface area contributed by atoms with Crippen LogP contribution in [0.25, 0.3) is 0 Å². The van der Waals surface area contributed by atoms with Gasteiger partial charge < -0.3 is 0 Å². The van der Waals surface area contributed by atoms with Gasteiger partial charge in [-0.15, -0.1) is 0 Å². The smallest absolute Gasteiger partial charge is 0.242 e. The fraction of sp³-hybridized carbons (Fsp3) is 0.250. The molecule has 179 valence electrons. The fourth-order valence-electron chi connectivity index (χ4n) is 3.12. The molecule has 1 radical (unpaired) electrons. The van der Waals surface area contributed by atoms with Gasteiger partial charge in [-0.2, -0.15) is 26.3 Å². The molecule has 33 heavy (non-hydrogen) atoms. The van der Waals surface area contributed by atoms with Crippen molar-refractivity contribution in [2.75, 3.05) is 0 Å². The lowest BCUT2D eigenvalue weighted by atomic mass is 9.48. The van der Waals surface area contributed by atoms with Gasteiger partial charge in [-0.1, -0.05) is 0 Å². The molecule has 17 heteroatoms. The summed E-state index contributed by atoms with van der Waals surface area (Å²) >= 11 is 0. The number of fused-ring (bicyclic) bond motifs is 1. The molecule has 1 unspecified atom stereocenters. The molecule has 1 aliphatic carbocycles. The topological polar surface area (TPSA) is 0 Å². The van der Waals surface area contributed by atoms with E-state index in [1.165, 1.54) is 0 Å². The predicted molar refractivity (Wildman–Crippen MR) is 74.5 cm³/mol. The molecule has 1 aliphatic rings. The summed E-state index contributed by atoms with van der Waals surface area (Å²) in [5, 5.41) is 0. The highest BCUT2D eigenvalue weighted by atomic mass is 19.3. The Morgan fingerprint density at radius 2 is 0.727 bits per heavy atom. The Morgan fingerprint density at radius 1 is 0.394 bits per heavy atom. The van der Waals surface area contributed by atoms with E-state index in [1.54, 1.807) is 0 Å². The van der Waals surface area contributed by atoms with Crippen molar-refractivity contribution in [1.82, 2.24) is 0 Å². The third kappa shape index (κ3) is 2.76. The molecule has 0 spiro atoms. The summed E-state index contributed by atoms with van der Waals surface area (Å²) in [5.41, 5.74) is -15.8. The molecule has 0 fully saturated rings. The molecule has 0 nitrogen and oxygen atoms in total. The minimum Gasteiger partial charge on any atom is -0.242 e. The second kappa shape index (κ2) is 6.95. The van der Waals surface area contributed by atoms with E-state index in [4.69, 9.17) is 0 Å². The Kier molecular flexibility index (Phi) is 5.27.